The molecule has 0 fully saturated rings. The fourth-order valence-electron chi connectivity index (χ4n) is 3.35. The first-order valence-electron chi connectivity index (χ1n) is 10.6. The van der Waals surface area contributed by atoms with Crippen LogP contribution in [0.1, 0.15) is 17.2 Å². The summed E-state index contributed by atoms with van der Waals surface area (Å²) >= 11 is 0. The summed E-state index contributed by atoms with van der Waals surface area (Å²) < 4.78 is 21.8. The Hall–Kier alpha value is -3.39. The van der Waals surface area contributed by atoms with E-state index in [1.54, 1.807) is 29.9 Å². The van der Waals surface area contributed by atoms with E-state index < -0.39 is 0 Å². The molecule has 170 valence electrons. The molecule has 0 saturated carbocycles. The Kier molecular flexibility index (Phi) is 8.21. The van der Waals surface area contributed by atoms with Crippen LogP contribution < -0.4 is 15.4 Å². The van der Waals surface area contributed by atoms with Crippen LogP contribution >= 0.6 is 0 Å². The number of nitrogens with zero attached hydrogens (tertiary/aromatic N) is 4. The highest BCUT2D eigenvalue weighted by molar-refractivity contribution is 5.79. The molecule has 3 aromatic rings. The van der Waals surface area contributed by atoms with Gasteiger partial charge in [0.15, 0.2) is 17.5 Å². The van der Waals surface area contributed by atoms with Gasteiger partial charge >= 0.3 is 0 Å². The maximum absolute atomic E-state index is 14.4. The Labute approximate surface area is 188 Å². The van der Waals surface area contributed by atoms with Gasteiger partial charge in [0.2, 0.25) is 0 Å². The van der Waals surface area contributed by atoms with E-state index in [0.717, 1.165) is 11.1 Å². The minimum absolute atomic E-state index is 0.161. The lowest BCUT2D eigenvalue weighted by Gasteiger charge is -2.24. The number of nitrogens with one attached hydrogen (secondary N) is 2. The first kappa shape index (κ1) is 23.3. The van der Waals surface area contributed by atoms with Crippen LogP contribution in [0, 0.1) is 5.82 Å². The van der Waals surface area contributed by atoms with Crippen molar-refractivity contribution in [2.45, 2.75) is 12.5 Å². The van der Waals surface area contributed by atoms with Crippen molar-refractivity contribution < 1.29 is 9.13 Å². The van der Waals surface area contributed by atoms with Gasteiger partial charge in [-0.2, -0.15) is 5.10 Å². The van der Waals surface area contributed by atoms with E-state index >= 15 is 0 Å². The van der Waals surface area contributed by atoms with Gasteiger partial charge in [-0.05, 0) is 50.3 Å². The van der Waals surface area contributed by atoms with E-state index in [-0.39, 0.29) is 17.6 Å². The number of para-hydroxylation sites is 1. The molecule has 1 heterocycles. The van der Waals surface area contributed by atoms with Crippen LogP contribution in [-0.4, -0.2) is 54.9 Å². The molecule has 0 aliphatic heterocycles. The average molecular weight is 439 g/mol. The number of halogens is 1. The number of likely N-dealkylation sites (N-methyl/N-ethyl adjacent to an activating group) is 1. The molecule has 0 aliphatic rings. The number of benzene rings is 2. The van der Waals surface area contributed by atoms with Crippen LogP contribution in [0.3, 0.4) is 0 Å². The summed E-state index contributed by atoms with van der Waals surface area (Å²) in [5.41, 5.74) is 2.01. The first-order chi connectivity index (χ1) is 15.5. The molecule has 0 spiro atoms. The number of hydrogen-bond donors (Lipinski definition) is 2. The molecule has 3 rings (SSSR count). The van der Waals surface area contributed by atoms with Crippen molar-refractivity contribution in [3.63, 3.8) is 0 Å². The SMILES string of the molecule is CN=C(NCCc1ccc(Oc2ccccc2)c(F)c1)NCC(c1cnn(C)c1)N(C)C. The lowest BCUT2D eigenvalue weighted by atomic mass is 10.1. The average Bonchev–Trinajstić information content (AvgIpc) is 3.20. The Morgan fingerprint density at radius 2 is 1.97 bits per heavy atom. The number of hydrogen-bond acceptors (Lipinski definition) is 4. The molecule has 8 heteroatoms. The minimum atomic E-state index is -0.376. The van der Waals surface area contributed by atoms with Crippen molar-refractivity contribution >= 4 is 5.96 Å². The predicted octanol–water partition coefficient (Wildman–Crippen LogP) is 3.36. The normalized spacial score (nSPS) is 12.6. The molecule has 0 radical (unpaired) electrons. The first-order valence-corrected chi connectivity index (χ1v) is 10.6. The van der Waals surface area contributed by atoms with Gasteiger partial charge in [-0.3, -0.25) is 9.67 Å². The smallest absolute Gasteiger partial charge is 0.191 e. The third-order valence-electron chi connectivity index (χ3n) is 5.09. The van der Waals surface area contributed by atoms with Crippen molar-refractivity contribution in [2.75, 3.05) is 34.2 Å². The molecule has 2 aromatic carbocycles. The van der Waals surface area contributed by atoms with Gasteiger partial charge in [-0.1, -0.05) is 24.3 Å². The van der Waals surface area contributed by atoms with E-state index in [0.29, 0.717) is 31.2 Å². The number of guanidine groups is 1. The molecular formula is C24H31FN6O. The zero-order valence-corrected chi connectivity index (χ0v) is 19.0. The van der Waals surface area contributed by atoms with Gasteiger partial charge in [-0.15, -0.1) is 0 Å². The van der Waals surface area contributed by atoms with Gasteiger partial charge in [0, 0.05) is 38.9 Å². The third-order valence-corrected chi connectivity index (χ3v) is 5.09. The summed E-state index contributed by atoms with van der Waals surface area (Å²) in [6.07, 6.45) is 4.55. The highest BCUT2D eigenvalue weighted by Gasteiger charge is 2.16. The lowest BCUT2D eigenvalue weighted by Crippen LogP contribution is -2.42. The highest BCUT2D eigenvalue weighted by atomic mass is 19.1. The second kappa shape index (κ2) is 11.3. The van der Waals surface area contributed by atoms with Crippen LogP contribution in [0.15, 0.2) is 65.9 Å². The van der Waals surface area contributed by atoms with Gasteiger partial charge in [0.25, 0.3) is 0 Å². The molecule has 1 aromatic heterocycles. The van der Waals surface area contributed by atoms with Gasteiger partial charge < -0.3 is 20.3 Å². The van der Waals surface area contributed by atoms with Gasteiger partial charge in [0.1, 0.15) is 5.75 Å². The minimum Gasteiger partial charge on any atom is -0.454 e. The Morgan fingerprint density at radius 3 is 2.59 bits per heavy atom. The largest absolute Gasteiger partial charge is 0.454 e. The van der Waals surface area contributed by atoms with E-state index in [9.17, 15) is 4.39 Å². The van der Waals surface area contributed by atoms with Crippen LogP contribution in [0.5, 0.6) is 11.5 Å². The topological polar surface area (TPSA) is 66.7 Å². The van der Waals surface area contributed by atoms with Crippen molar-refractivity contribution in [1.29, 1.82) is 0 Å². The van der Waals surface area contributed by atoms with E-state index in [1.807, 2.05) is 57.8 Å². The summed E-state index contributed by atoms with van der Waals surface area (Å²) in [6, 6.07) is 14.4. The highest BCUT2D eigenvalue weighted by Crippen LogP contribution is 2.25. The van der Waals surface area contributed by atoms with E-state index in [1.165, 1.54) is 6.07 Å². The fraction of sp³-hybridized carbons (Fsp3) is 0.333. The van der Waals surface area contributed by atoms with Crippen LogP contribution in [0.2, 0.25) is 0 Å². The van der Waals surface area contributed by atoms with Crippen molar-refractivity contribution in [2.24, 2.45) is 12.0 Å². The second-order valence-electron chi connectivity index (χ2n) is 7.74. The fourth-order valence-corrected chi connectivity index (χ4v) is 3.35. The van der Waals surface area contributed by atoms with Crippen molar-refractivity contribution in [3.8, 4) is 11.5 Å². The van der Waals surface area contributed by atoms with Gasteiger partial charge in [-0.25, -0.2) is 4.39 Å². The number of ether oxygens (including phenoxy) is 1. The number of rotatable bonds is 9. The Morgan fingerprint density at radius 1 is 1.19 bits per heavy atom. The second-order valence-corrected chi connectivity index (χ2v) is 7.74. The summed E-state index contributed by atoms with van der Waals surface area (Å²) in [5.74, 6) is 1.15. The monoisotopic (exact) mass is 438 g/mol. The standard InChI is InChI=1S/C24H31FN6O/c1-26-24(28-16-22(30(2)3)19-15-29-31(4)17-19)27-13-12-18-10-11-23(21(25)14-18)32-20-8-6-5-7-9-20/h5-11,14-15,17,22H,12-13,16H2,1-4H3,(H2,26,27,28). The molecule has 32 heavy (non-hydrogen) atoms. The van der Waals surface area contributed by atoms with Crippen molar-refractivity contribution in [3.05, 3.63) is 77.9 Å². The molecule has 1 unspecified atom stereocenters. The lowest BCUT2D eigenvalue weighted by molar-refractivity contribution is 0.298. The summed E-state index contributed by atoms with van der Waals surface area (Å²) in [4.78, 5) is 6.43. The zero-order chi connectivity index (χ0) is 22.9. The van der Waals surface area contributed by atoms with Gasteiger partial charge in [0.05, 0.1) is 12.2 Å². The Balaban J connectivity index is 1.49. The Bertz CT molecular complexity index is 1020. The van der Waals surface area contributed by atoms with Crippen LogP contribution in [0.25, 0.3) is 0 Å². The molecule has 0 saturated heterocycles. The predicted molar refractivity (Wildman–Crippen MR) is 126 cm³/mol. The summed E-state index contributed by atoms with van der Waals surface area (Å²) in [5, 5.41) is 10.9. The van der Waals surface area contributed by atoms with Crippen LogP contribution in [0.4, 0.5) is 4.39 Å². The van der Waals surface area contributed by atoms with E-state index in [2.05, 4.69) is 25.6 Å². The number of aliphatic imine (C=N–C) groups is 1. The maximum Gasteiger partial charge on any atom is 0.191 e. The number of aromatic nitrogens is 2. The quantitative estimate of drug-likeness (QED) is 0.396. The van der Waals surface area contributed by atoms with Crippen molar-refractivity contribution in [1.82, 2.24) is 25.3 Å². The summed E-state index contributed by atoms with van der Waals surface area (Å²) in [6.45, 7) is 1.30. The molecule has 0 amide bonds. The molecule has 7 nitrogen and oxygen atoms in total. The molecule has 0 aliphatic carbocycles. The number of aryl methyl sites for hydroxylation is 1. The molecule has 2 N–H and O–H groups in total. The summed E-state index contributed by atoms with van der Waals surface area (Å²) in [7, 11) is 7.72. The molecular weight excluding hydrogens is 407 g/mol. The van der Waals surface area contributed by atoms with Crippen LogP contribution in [-0.2, 0) is 13.5 Å². The molecule has 1 atom stereocenters. The maximum atomic E-state index is 14.4. The van der Waals surface area contributed by atoms with E-state index in [4.69, 9.17) is 4.74 Å². The zero-order valence-electron chi connectivity index (χ0n) is 19.0. The molecule has 0 bridgehead atoms. The third kappa shape index (κ3) is 6.55.